The Hall–Kier alpha value is -3.48. The number of fused-ring (bicyclic) bond motifs is 1. The van der Waals surface area contributed by atoms with Crippen LogP contribution < -0.4 is 10.6 Å². The predicted molar refractivity (Wildman–Crippen MR) is 120 cm³/mol. The highest BCUT2D eigenvalue weighted by Crippen LogP contribution is 2.32. The van der Waals surface area contributed by atoms with E-state index in [1.54, 1.807) is 31.2 Å². The van der Waals surface area contributed by atoms with Crippen LogP contribution in [0.4, 0.5) is 10.5 Å². The first-order chi connectivity index (χ1) is 15.3. The zero-order valence-electron chi connectivity index (χ0n) is 18.4. The Kier molecular flexibility index (Phi) is 5.82. The zero-order chi connectivity index (χ0) is 22.9. The van der Waals surface area contributed by atoms with Crippen LogP contribution in [0.3, 0.4) is 0 Å². The molecule has 0 radical (unpaired) electrons. The van der Waals surface area contributed by atoms with Crippen molar-refractivity contribution in [2.24, 2.45) is 0 Å². The number of Topliss-reactive ketones (excluding diaryl/α,β-unsaturated/α-hetero) is 1. The van der Waals surface area contributed by atoms with Gasteiger partial charge in [0.05, 0.1) is 6.54 Å². The molecule has 1 heterocycles. The van der Waals surface area contributed by atoms with E-state index in [-0.39, 0.29) is 18.2 Å². The molecule has 2 aliphatic rings. The number of benzene rings is 2. The largest absolute Gasteiger partial charge is 0.326 e. The smallest absolute Gasteiger partial charge is 0.325 e. The fraction of sp³-hybridized carbons (Fsp3) is 0.360. The number of amides is 4. The third kappa shape index (κ3) is 4.02. The molecule has 166 valence electrons. The number of nitrogens with zero attached hydrogens (tertiary/aromatic N) is 1. The van der Waals surface area contributed by atoms with Gasteiger partial charge in [-0.05, 0) is 73.6 Å². The summed E-state index contributed by atoms with van der Waals surface area (Å²) in [5.74, 6) is -0.868. The highest BCUT2D eigenvalue weighted by molar-refractivity contribution is 6.11. The second kappa shape index (κ2) is 8.57. The van der Waals surface area contributed by atoms with Gasteiger partial charge >= 0.3 is 6.03 Å². The second-order valence-electron chi connectivity index (χ2n) is 8.58. The molecule has 7 nitrogen and oxygen atoms in total. The van der Waals surface area contributed by atoms with Crippen molar-refractivity contribution in [3.05, 3.63) is 64.7 Å². The molecule has 1 fully saturated rings. The van der Waals surface area contributed by atoms with E-state index in [0.29, 0.717) is 17.7 Å². The number of urea groups is 1. The van der Waals surface area contributed by atoms with Gasteiger partial charge in [-0.15, -0.1) is 0 Å². The standard InChI is InChI=1S/C25H27N3O4/c1-3-5-22(30)26-20-12-9-17(10-13-20)21(29)15-28-23(31)25(2,27-24(28)32)19-11-8-16-6-4-7-18(16)14-19/h8-14H,3-7,15H2,1-2H3,(H,26,30)(H,27,32). The van der Waals surface area contributed by atoms with Crippen molar-refractivity contribution in [1.82, 2.24) is 10.2 Å². The molecular formula is C25H27N3O4. The Morgan fingerprint density at radius 1 is 1.06 bits per heavy atom. The summed E-state index contributed by atoms with van der Waals surface area (Å²) in [6, 6.07) is 11.8. The first-order valence-electron chi connectivity index (χ1n) is 11.0. The molecular weight excluding hydrogens is 406 g/mol. The number of ketones is 1. The summed E-state index contributed by atoms with van der Waals surface area (Å²) in [7, 11) is 0. The van der Waals surface area contributed by atoms with Gasteiger partial charge in [0.25, 0.3) is 5.91 Å². The summed E-state index contributed by atoms with van der Waals surface area (Å²) in [6.45, 7) is 3.27. The number of anilines is 1. The van der Waals surface area contributed by atoms with E-state index < -0.39 is 17.5 Å². The van der Waals surface area contributed by atoms with Crippen LogP contribution in [0.15, 0.2) is 42.5 Å². The minimum Gasteiger partial charge on any atom is -0.326 e. The van der Waals surface area contributed by atoms with E-state index in [2.05, 4.69) is 10.6 Å². The molecule has 1 atom stereocenters. The molecule has 0 aromatic heterocycles. The highest BCUT2D eigenvalue weighted by Gasteiger charge is 2.49. The topological polar surface area (TPSA) is 95.6 Å². The number of nitrogens with one attached hydrogen (secondary N) is 2. The molecule has 0 spiro atoms. The van der Waals surface area contributed by atoms with E-state index in [1.807, 2.05) is 25.1 Å². The SMILES string of the molecule is CCCC(=O)Nc1ccc(C(=O)CN2C(=O)NC(C)(c3ccc4c(c3)CCC4)C2=O)cc1. The Balaban J connectivity index is 1.46. The molecule has 0 bridgehead atoms. The molecule has 0 saturated carbocycles. The average Bonchev–Trinajstić information content (AvgIpc) is 3.32. The van der Waals surface area contributed by atoms with Crippen LogP contribution in [0.1, 0.15) is 60.2 Å². The maximum Gasteiger partial charge on any atom is 0.325 e. The monoisotopic (exact) mass is 433 g/mol. The van der Waals surface area contributed by atoms with Crippen LogP contribution in [-0.2, 0) is 28.0 Å². The molecule has 4 rings (SSSR count). The molecule has 7 heteroatoms. The number of rotatable bonds is 7. The van der Waals surface area contributed by atoms with Crippen LogP contribution >= 0.6 is 0 Å². The van der Waals surface area contributed by atoms with E-state index in [9.17, 15) is 19.2 Å². The average molecular weight is 434 g/mol. The Morgan fingerprint density at radius 2 is 1.78 bits per heavy atom. The minimum atomic E-state index is -1.19. The number of hydrogen-bond acceptors (Lipinski definition) is 4. The summed E-state index contributed by atoms with van der Waals surface area (Å²) in [5, 5.41) is 5.54. The van der Waals surface area contributed by atoms with E-state index in [0.717, 1.165) is 36.1 Å². The fourth-order valence-electron chi connectivity index (χ4n) is 4.34. The molecule has 2 aromatic carbocycles. The fourth-order valence-corrected chi connectivity index (χ4v) is 4.34. The van der Waals surface area contributed by atoms with Gasteiger partial charge in [0.2, 0.25) is 5.91 Å². The first-order valence-corrected chi connectivity index (χ1v) is 11.0. The van der Waals surface area contributed by atoms with Gasteiger partial charge in [-0.2, -0.15) is 0 Å². The van der Waals surface area contributed by atoms with Crippen molar-refractivity contribution < 1.29 is 19.2 Å². The van der Waals surface area contributed by atoms with Gasteiger partial charge in [-0.25, -0.2) is 4.79 Å². The molecule has 4 amide bonds. The minimum absolute atomic E-state index is 0.0863. The molecule has 1 saturated heterocycles. The zero-order valence-corrected chi connectivity index (χ0v) is 18.4. The Bertz CT molecular complexity index is 1090. The third-order valence-electron chi connectivity index (χ3n) is 6.22. The number of hydrogen-bond donors (Lipinski definition) is 2. The van der Waals surface area contributed by atoms with Crippen molar-refractivity contribution in [3.63, 3.8) is 0 Å². The lowest BCUT2D eigenvalue weighted by Gasteiger charge is -2.23. The molecule has 2 N–H and O–H groups in total. The van der Waals surface area contributed by atoms with Gasteiger partial charge < -0.3 is 10.6 Å². The number of aryl methyl sites for hydroxylation is 2. The normalized spacial score (nSPS) is 19.6. The van der Waals surface area contributed by atoms with E-state index in [1.165, 1.54) is 11.1 Å². The van der Waals surface area contributed by atoms with E-state index >= 15 is 0 Å². The van der Waals surface area contributed by atoms with Crippen molar-refractivity contribution in [2.75, 3.05) is 11.9 Å². The van der Waals surface area contributed by atoms with E-state index in [4.69, 9.17) is 0 Å². The molecule has 1 unspecified atom stereocenters. The molecule has 1 aliphatic carbocycles. The van der Waals surface area contributed by atoms with Crippen LogP contribution in [0.25, 0.3) is 0 Å². The lowest BCUT2D eigenvalue weighted by molar-refractivity contribution is -0.130. The van der Waals surface area contributed by atoms with Crippen molar-refractivity contribution in [1.29, 1.82) is 0 Å². The highest BCUT2D eigenvalue weighted by atomic mass is 16.2. The number of carbonyl (C=O) groups excluding carboxylic acids is 4. The summed E-state index contributed by atoms with van der Waals surface area (Å²) >= 11 is 0. The molecule has 2 aromatic rings. The Labute approximate surface area is 187 Å². The van der Waals surface area contributed by atoms with Gasteiger partial charge in [-0.1, -0.05) is 25.1 Å². The van der Waals surface area contributed by atoms with Gasteiger partial charge in [0.15, 0.2) is 5.78 Å². The van der Waals surface area contributed by atoms with Crippen molar-refractivity contribution in [3.8, 4) is 0 Å². The lowest BCUT2D eigenvalue weighted by atomic mass is 9.89. The van der Waals surface area contributed by atoms with Crippen molar-refractivity contribution in [2.45, 2.75) is 51.5 Å². The lowest BCUT2D eigenvalue weighted by Crippen LogP contribution is -2.41. The first kappa shape index (κ1) is 21.7. The molecule has 32 heavy (non-hydrogen) atoms. The maximum atomic E-state index is 13.2. The molecule has 1 aliphatic heterocycles. The summed E-state index contributed by atoms with van der Waals surface area (Å²) in [6.07, 6.45) is 4.28. The van der Waals surface area contributed by atoms with Crippen LogP contribution in [0, 0.1) is 0 Å². The number of imide groups is 1. The van der Waals surface area contributed by atoms with Crippen LogP contribution in [0.5, 0.6) is 0 Å². The maximum absolute atomic E-state index is 13.2. The summed E-state index contributed by atoms with van der Waals surface area (Å²) in [4.78, 5) is 51.2. The van der Waals surface area contributed by atoms with Crippen molar-refractivity contribution >= 4 is 29.3 Å². The Morgan fingerprint density at radius 3 is 2.50 bits per heavy atom. The summed E-state index contributed by atoms with van der Waals surface area (Å²) in [5.41, 5.74) is 3.01. The van der Waals surface area contributed by atoms with Gasteiger partial charge in [0, 0.05) is 17.7 Å². The third-order valence-corrected chi connectivity index (χ3v) is 6.22. The summed E-state index contributed by atoms with van der Waals surface area (Å²) < 4.78 is 0. The van der Waals surface area contributed by atoms with Crippen LogP contribution in [-0.4, -0.2) is 35.1 Å². The van der Waals surface area contributed by atoms with Gasteiger partial charge in [0.1, 0.15) is 5.54 Å². The predicted octanol–water partition coefficient (Wildman–Crippen LogP) is 3.56. The number of carbonyl (C=O) groups is 4. The van der Waals surface area contributed by atoms with Crippen LogP contribution in [0.2, 0.25) is 0 Å². The van der Waals surface area contributed by atoms with Gasteiger partial charge in [-0.3, -0.25) is 19.3 Å². The quantitative estimate of drug-likeness (QED) is 0.516. The second-order valence-corrected chi connectivity index (χ2v) is 8.58.